The van der Waals surface area contributed by atoms with Gasteiger partial charge >= 0.3 is 12.1 Å². The van der Waals surface area contributed by atoms with Crippen LogP contribution in [-0.4, -0.2) is 24.4 Å². The highest BCUT2D eigenvalue weighted by Crippen LogP contribution is 2.25. The van der Waals surface area contributed by atoms with Crippen LogP contribution in [0.3, 0.4) is 0 Å². The standard InChI is InChI=1S/C5H5F3O3/c1-11-3(2-4(9)10)5(6,7)8/h2H,1H3,(H,9,10). The summed E-state index contributed by atoms with van der Waals surface area (Å²) in [7, 11) is 0.752. The number of aliphatic carboxylic acids is 1. The summed E-state index contributed by atoms with van der Waals surface area (Å²) in [4.78, 5) is 9.76. The molecule has 64 valence electrons. The third-order valence-corrected chi connectivity index (χ3v) is 0.754. The smallest absolute Gasteiger partial charge is 0.449 e. The minimum atomic E-state index is -4.74. The number of hydrogen-bond acceptors (Lipinski definition) is 2. The molecule has 0 saturated carbocycles. The largest absolute Gasteiger partial charge is 0.492 e. The summed E-state index contributed by atoms with van der Waals surface area (Å²) in [5.41, 5.74) is 0. The van der Waals surface area contributed by atoms with Gasteiger partial charge in [0.1, 0.15) is 0 Å². The van der Waals surface area contributed by atoms with Crippen molar-refractivity contribution < 1.29 is 27.8 Å². The summed E-state index contributed by atoms with van der Waals surface area (Å²) in [5, 5.41) is 7.92. The lowest BCUT2D eigenvalue weighted by molar-refractivity contribution is -0.137. The topological polar surface area (TPSA) is 46.5 Å². The SMILES string of the molecule is COC(=CC(=O)O)C(F)(F)F. The Morgan fingerprint density at radius 1 is 1.55 bits per heavy atom. The average molecular weight is 170 g/mol. The molecule has 6 heteroatoms. The van der Waals surface area contributed by atoms with Crippen LogP contribution in [0.5, 0.6) is 0 Å². The third kappa shape index (κ3) is 3.49. The van der Waals surface area contributed by atoms with Gasteiger partial charge in [-0.1, -0.05) is 0 Å². The molecule has 0 bridgehead atoms. The van der Waals surface area contributed by atoms with Gasteiger partial charge in [-0.25, -0.2) is 4.79 Å². The molecule has 0 saturated heterocycles. The summed E-state index contributed by atoms with van der Waals surface area (Å²) in [6, 6.07) is 0. The molecule has 0 aliphatic heterocycles. The fourth-order valence-corrected chi connectivity index (χ4v) is 0.369. The number of allylic oxidation sites excluding steroid dienone is 1. The second-order valence-electron chi connectivity index (χ2n) is 1.55. The van der Waals surface area contributed by atoms with Gasteiger partial charge in [-0.15, -0.1) is 0 Å². The molecule has 0 atom stereocenters. The molecule has 0 amide bonds. The van der Waals surface area contributed by atoms with Crippen molar-refractivity contribution in [3.8, 4) is 0 Å². The number of rotatable bonds is 2. The summed E-state index contributed by atoms with van der Waals surface area (Å²) < 4.78 is 38.7. The van der Waals surface area contributed by atoms with Crippen molar-refractivity contribution in [2.24, 2.45) is 0 Å². The van der Waals surface area contributed by atoms with Gasteiger partial charge in [-0.05, 0) is 0 Å². The van der Waals surface area contributed by atoms with E-state index < -0.39 is 17.9 Å². The Morgan fingerprint density at radius 2 is 2.00 bits per heavy atom. The van der Waals surface area contributed by atoms with Crippen molar-refractivity contribution in [2.45, 2.75) is 6.18 Å². The fourth-order valence-electron chi connectivity index (χ4n) is 0.369. The van der Waals surface area contributed by atoms with Crippen LogP contribution in [0.4, 0.5) is 13.2 Å². The first kappa shape index (κ1) is 9.80. The molecule has 3 nitrogen and oxygen atoms in total. The van der Waals surface area contributed by atoms with Crippen LogP contribution in [0.1, 0.15) is 0 Å². The van der Waals surface area contributed by atoms with E-state index in [9.17, 15) is 18.0 Å². The van der Waals surface area contributed by atoms with E-state index >= 15 is 0 Å². The molecule has 0 unspecified atom stereocenters. The van der Waals surface area contributed by atoms with E-state index in [1.165, 1.54) is 0 Å². The van der Waals surface area contributed by atoms with Crippen molar-refractivity contribution >= 4 is 5.97 Å². The van der Waals surface area contributed by atoms with Crippen LogP contribution in [0.25, 0.3) is 0 Å². The molecule has 0 rings (SSSR count). The van der Waals surface area contributed by atoms with Crippen molar-refractivity contribution in [2.75, 3.05) is 7.11 Å². The van der Waals surface area contributed by atoms with E-state index in [-0.39, 0.29) is 6.08 Å². The molecule has 1 N–H and O–H groups in total. The van der Waals surface area contributed by atoms with E-state index in [1.807, 2.05) is 0 Å². The molecular formula is C5H5F3O3. The summed E-state index contributed by atoms with van der Waals surface area (Å²) in [6.07, 6.45) is -4.78. The first-order valence-electron chi connectivity index (χ1n) is 2.43. The lowest BCUT2D eigenvalue weighted by Gasteiger charge is -2.07. The number of carboxylic acid groups (broad SMARTS) is 1. The van der Waals surface area contributed by atoms with Gasteiger partial charge < -0.3 is 9.84 Å². The zero-order valence-electron chi connectivity index (χ0n) is 5.47. The highest BCUT2D eigenvalue weighted by atomic mass is 19.4. The number of methoxy groups -OCH3 is 1. The number of hydrogen-bond donors (Lipinski definition) is 1. The average Bonchev–Trinajstić information content (AvgIpc) is 1.79. The summed E-state index contributed by atoms with van der Waals surface area (Å²) in [6.45, 7) is 0. The van der Waals surface area contributed by atoms with Crippen LogP contribution < -0.4 is 0 Å². The Labute approximate surface area is 60.1 Å². The molecule has 11 heavy (non-hydrogen) atoms. The minimum absolute atomic E-state index is 0.0417. The number of ether oxygens (including phenoxy) is 1. The molecule has 0 heterocycles. The van der Waals surface area contributed by atoms with Crippen LogP contribution in [0.15, 0.2) is 11.8 Å². The van der Waals surface area contributed by atoms with Gasteiger partial charge in [0.2, 0.25) is 5.76 Å². The van der Waals surface area contributed by atoms with Gasteiger partial charge in [0.25, 0.3) is 0 Å². The van der Waals surface area contributed by atoms with Gasteiger partial charge in [0.05, 0.1) is 13.2 Å². The number of carboxylic acids is 1. The van der Waals surface area contributed by atoms with Crippen molar-refractivity contribution in [3.05, 3.63) is 11.8 Å². The monoisotopic (exact) mass is 170 g/mol. The second-order valence-corrected chi connectivity index (χ2v) is 1.55. The summed E-state index contributed by atoms with van der Waals surface area (Å²) in [5.74, 6) is -3.22. The van der Waals surface area contributed by atoms with Gasteiger partial charge in [-0.2, -0.15) is 13.2 Å². The fraction of sp³-hybridized carbons (Fsp3) is 0.400. The maximum absolute atomic E-state index is 11.6. The zero-order valence-corrected chi connectivity index (χ0v) is 5.47. The Morgan fingerprint density at radius 3 is 2.09 bits per heavy atom. The van der Waals surface area contributed by atoms with Crippen molar-refractivity contribution in [1.29, 1.82) is 0 Å². The minimum Gasteiger partial charge on any atom is -0.492 e. The first-order valence-corrected chi connectivity index (χ1v) is 2.43. The number of halogens is 3. The van der Waals surface area contributed by atoms with Gasteiger partial charge in [-0.3, -0.25) is 0 Å². The quantitative estimate of drug-likeness (QED) is 0.499. The van der Waals surface area contributed by atoms with Crippen LogP contribution in [0.2, 0.25) is 0 Å². The Kier molecular flexibility index (Phi) is 2.91. The first-order chi connectivity index (χ1) is 4.88. The lowest BCUT2D eigenvalue weighted by atomic mass is 10.4. The molecule has 0 aromatic carbocycles. The lowest BCUT2D eigenvalue weighted by Crippen LogP contribution is -2.14. The van der Waals surface area contributed by atoms with Crippen LogP contribution in [-0.2, 0) is 9.53 Å². The van der Waals surface area contributed by atoms with E-state index in [4.69, 9.17) is 5.11 Å². The van der Waals surface area contributed by atoms with Gasteiger partial charge in [0, 0.05) is 0 Å². The highest BCUT2D eigenvalue weighted by Gasteiger charge is 2.35. The number of alkyl halides is 3. The normalized spacial score (nSPS) is 12.9. The van der Waals surface area contributed by atoms with E-state index in [2.05, 4.69) is 4.74 Å². The maximum Gasteiger partial charge on any atom is 0.449 e. The van der Waals surface area contributed by atoms with Crippen molar-refractivity contribution in [1.82, 2.24) is 0 Å². The Bertz CT molecular complexity index is 182. The molecule has 0 aliphatic rings. The predicted octanol–water partition coefficient (Wildman–Crippen LogP) is 1.16. The zero-order chi connectivity index (χ0) is 9.07. The van der Waals surface area contributed by atoms with E-state index in [0.29, 0.717) is 0 Å². The van der Waals surface area contributed by atoms with Crippen LogP contribution in [0, 0.1) is 0 Å². The molecular weight excluding hydrogens is 165 g/mol. The second kappa shape index (κ2) is 3.27. The van der Waals surface area contributed by atoms with E-state index in [1.54, 1.807) is 0 Å². The highest BCUT2D eigenvalue weighted by molar-refractivity contribution is 5.80. The molecule has 0 aromatic heterocycles. The van der Waals surface area contributed by atoms with Crippen molar-refractivity contribution in [3.63, 3.8) is 0 Å². The Hall–Kier alpha value is -1.20. The summed E-state index contributed by atoms with van der Waals surface area (Å²) >= 11 is 0. The predicted molar refractivity (Wildman–Crippen MR) is 28.8 cm³/mol. The molecule has 0 fully saturated rings. The third-order valence-electron chi connectivity index (χ3n) is 0.754. The Balaban J connectivity index is 4.54. The molecule has 0 aromatic rings. The molecule has 0 spiro atoms. The maximum atomic E-state index is 11.6. The molecule has 0 radical (unpaired) electrons. The molecule has 0 aliphatic carbocycles. The van der Waals surface area contributed by atoms with E-state index in [0.717, 1.165) is 7.11 Å². The van der Waals surface area contributed by atoms with Crippen LogP contribution >= 0.6 is 0 Å². The van der Waals surface area contributed by atoms with Gasteiger partial charge in [0.15, 0.2) is 0 Å². The number of carbonyl (C=O) groups is 1.